The van der Waals surface area contributed by atoms with Crippen LogP contribution in [0.3, 0.4) is 0 Å². The van der Waals surface area contributed by atoms with Gasteiger partial charge in [0.25, 0.3) is 5.91 Å². The standard InChI is InChI=1S/C31H30N2O3/c34-31(26-10-6-9-25(23-26)14-13-24-7-2-1-3-8-24)32-29-15-16-30(28-12-5-4-11-27(28)29)36-22-19-33-17-20-35-21-18-33/h1-16,23H,17-22H2,(H,32,34). The van der Waals surface area contributed by atoms with Crippen molar-refractivity contribution in [3.63, 3.8) is 0 Å². The van der Waals surface area contributed by atoms with E-state index in [1.807, 2.05) is 103 Å². The van der Waals surface area contributed by atoms with E-state index >= 15 is 0 Å². The summed E-state index contributed by atoms with van der Waals surface area (Å²) in [7, 11) is 0. The summed E-state index contributed by atoms with van der Waals surface area (Å²) in [5.74, 6) is 0.681. The summed E-state index contributed by atoms with van der Waals surface area (Å²) in [6.45, 7) is 4.92. The number of fused-ring (bicyclic) bond motifs is 1. The molecule has 1 amide bonds. The van der Waals surface area contributed by atoms with E-state index in [0.717, 1.165) is 66.2 Å². The zero-order chi connectivity index (χ0) is 24.6. The number of amides is 1. The van der Waals surface area contributed by atoms with E-state index in [0.29, 0.717) is 12.2 Å². The van der Waals surface area contributed by atoms with Crippen molar-refractivity contribution in [3.8, 4) is 5.75 Å². The van der Waals surface area contributed by atoms with Gasteiger partial charge in [-0.1, -0.05) is 78.9 Å². The number of nitrogens with zero attached hydrogens (tertiary/aromatic N) is 1. The SMILES string of the molecule is O=C(Nc1ccc(OCCN2CCOCC2)c2ccccc12)c1cccc(C=Cc2ccccc2)c1. The van der Waals surface area contributed by atoms with Crippen LogP contribution in [0.4, 0.5) is 5.69 Å². The molecule has 0 bridgehead atoms. The van der Waals surface area contributed by atoms with Gasteiger partial charge in [0.05, 0.1) is 13.2 Å². The number of hydrogen-bond donors (Lipinski definition) is 1. The first kappa shape index (κ1) is 23.8. The molecule has 1 saturated heterocycles. The van der Waals surface area contributed by atoms with Gasteiger partial charge >= 0.3 is 0 Å². The Morgan fingerprint density at radius 3 is 2.39 bits per heavy atom. The lowest BCUT2D eigenvalue weighted by atomic mass is 10.1. The third kappa shape index (κ3) is 6.00. The van der Waals surface area contributed by atoms with Crippen molar-refractivity contribution in [3.05, 3.63) is 108 Å². The number of benzene rings is 4. The number of anilines is 1. The quantitative estimate of drug-likeness (QED) is 0.317. The zero-order valence-electron chi connectivity index (χ0n) is 20.2. The molecule has 5 heteroatoms. The lowest BCUT2D eigenvalue weighted by Gasteiger charge is -2.26. The van der Waals surface area contributed by atoms with Gasteiger partial charge in [-0.3, -0.25) is 9.69 Å². The summed E-state index contributed by atoms with van der Waals surface area (Å²) >= 11 is 0. The molecule has 1 N–H and O–H groups in total. The predicted octanol–water partition coefficient (Wildman–Crippen LogP) is 5.97. The normalized spacial score (nSPS) is 14.2. The molecule has 0 aliphatic carbocycles. The first-order valence-electron chi connectivity index (χ1n) is 12.4. The molecular weight excluding hydrogens is 448 g/mol. The second kappa shape index (κ2) is 11.7. The highest BCUT2D eigenvalue weighted by atomic mass is 16.5. The number of ether oxygens (including phenoxy) is 2. The first-order valence-corrected chi connectivity index (χ1v) is 12.4. The summed E-state index contributed by atoms with van der Waals surface area (Å²) in [4.78, 5) is 15.5. The summed E-state index contributed by atoms with van der Waals surface area (Å²) in [5, 5.41) is 5.03. The van der Waals surface area contributed by atoms with E-state index in [2.05, 4.69) is 10.2 Å². The fraction of sp³-hybridized carbons (Fsp3) is 0.194. The molecule has 5 rings (SSSR count). The highest BCUT2D eigenvalue weighted by Gasteiger charge is 2.13. The molecule has 1 aliphatic heterocycles. The number of carbonyl (C=O) groups excluding carboxylic acids is 1. The molecule has 182 valence electrons. The van der Waals surface area contributed by atoms with Gasteiger partial charge in [-0.05, 0) is 35.4 Å². The maximum absolute atomic E-state index is 13.1. The van der Waals surface area contributed by atoms with Crippen LogP contribution in [0.5, 0.6) is 5.75 Å². The van der Waals surface area contributed by atoms with Crippen LogP contribution in [0.15, 0.2) is 91.0 Å². The molecule has 0 spiro atoms. The second-order valence-corrected chi connectivity index (χ2v) is 8.78. The Labute approximate surface area is 212 Å². The molecule has 1 heterocycles. The molecule has 1 fully saturated rings. The molecule has 0 atom stereocenters. The maximum Gasteiger partial charge on any atom is 0.255 e. The fourth-order valence-corrected chi connectivity index (χ4v) is 4.35. The summed E-state index contributed by atoms with van der Waals surface area (Å²) in [6, 6.07) is 29.6. The predicted molar refractivity (Wildman–Crippen MR) is 146 cm³/mol. The monoisotopic (exact) mass is 478 g/mol. The molecule has 0 radical (unpaired) electrons. The summed E-state index contributed by atoms with van der Waals surface area (Å²) in [5.41, 5.74) is 3.47. The van der Waals surface area contributed by atoms with Crippen molar-refractivity contribution < 1.29 is 14.3 Å². The van der Waals surface area contributed by atoms with E-state index in [1.165, 1.54) is 0 Å². The van der Waals surface area contributed by atoms with Crippen LogP contribution < -0.4 is 10.1 Å². The lowest BCUT2D eigenvalue weighted by Crippen LogP contribution is -2.38. The number of hydrogen-bond acceptors (Lipinski definition) is 4. The Bertz CT molecular complexity index is 1340. The molecule has 0 saturated carbocycles. The van der Waals surface area contributed by atoms with Crippen molar-refractivity contribution >= 4 is 34.5 Å². The van der Waals surface area contributed by atoms with E-state index in [-0.39, 0.29) is 5.91 Å². The van der Waals surface area contributed by atoms with Gasteiger partial charge in [0.15, 0.2) is 0 Å². The minimum absolute atomic E-state index is 0.143. The van der Waals surface area contributed by atoms with E-state index in [1.54, 1.807) is 0 Å². The number of rotatable bonds is 8. The lowest BCUT2D eigenvalue weighted by molar-refractivity contribution is 0.0323. The molecule has 0 aromatic heterocycles. The third-order valence-electron chi connectivity index (χ3n) is 6.32. The highest BCUT2D eigenvalue weighted by Crippen LogP contribution is 2.32. The smallest absolute Gasteiger partial charge is 0.255 e. The topological polar surface area (TPSA) is 50.8 Å². The fourth-order valence-electron chi connectivity index (χ4n) is 4.35. The Balaban J connectivity index is 1.29. The van der Waals surface area contributed by atoms with Gasteiger partial charge in [-0.2, -0.15) is 0 Å². The van der Waals surface area contributed by atoms with Crippen molar-refractivity contribution in [2.75, 3.05) is 44.8 Å². The Kier molecular flexibility index (Phi) is 7.71. The van der Waals surface area contributed by atoms with Crippen LogP contribution in [0.25, 0.3) is 22.9 Å². The maximum atomic E-state index is 13.1. The van der Waals surface area contributed by atoms with Crippen molar-refractivity contribution in [1.29, 1.82) is 0 Å². The molecule has 1 aliphatic rings. The molecule has 4 aromatic rings. The summed E-state index contributed by atoms with van der Waals surface area (Å²) in [6.07, 6.45) is 4.06. The average molecular weight is 479 g/mol. The number of morpholine rings is 1. The largest absolute Gasteiger partial charge is 0.492 e. The molecule has 4 aromatic carbocycles. The molecular formula is C31H30N2O3. The average Bonchev–Trinajstić information content (AvgIpc) is 2.94. The Morgan fingerprint density at radius 1 is 0.833 bits per heavy atom. The minimum Gasteiger partial charge on any atom is -0.492 e. The minimum atomic E-state index is -0.143. The first-order chi connectivity index (χ1) is 17.8. The van der Waals surface area contributed by atoms with Gasteiger partial charge in [0.1, 0.15) is 12.4 Å². The Hall–Kier alpha value is -3.93. The highest BCUT2D eigenvalue weighted by molar-refractivity contribution is 6.10. The van der Waals surface area contributed by atoms with Crippen LogP contribution in [-0.2, 0) is 4.74 Å². The van der Waals surface area contributed by atoms with Crippen molar-refractivity contribution in [2.45, 2.75) is 0 Å². The van der Waals surface area contributed by atoms with Gasteiger partial charge in [-0.25, -0.2) is 0 Å². The van der Waals surface area contributed by atoms with E-state index in [9.17, 15) is 4.79 Å². The molecule has 0 unspecified atom stereocenters. The van der Waals surface area contributed by atoms with Gasteiger partial charge < -0.3 is 14.8 Å². The van der Waals surface area contributed by atoms with E-state index in [4.69, 9.17) is 9.47 Å². The van der Waals surface area contributed by atoms with Gasteiger partial charge in [-0.15, -0.1) is 0 Å². The van der Waals surface area contributed by atoms with Crippen LogP contribution >= 0.6 is 0 Å². The van der Waals surface area contributed by atoms with Gasteiger partial charge in [0, 0.05) is 41.7 Å². The zero-order valence-corrected chi connectivity index (χ0v) is 20.2. The van der Waals surface area contributed by atoms with Crippen LogP contribution in [0.1, 0.15) is 21.5 Å². The molecule has 36 heavy (non-hydrogen) atoms. The van der Waals surface area contributed by atoms with Crippen LogP contribution in [-0.4, -0.2) is 50.3 Å². The number of nitrogens with one attached hydrogen (secondary N) is 1. The van der Waals surface area contributed by atoms with Crippen molar-refractivity contribution in [1.82, 2.24) is 4.90 Å². The van der Waals surface area contributed by atoms with E-state index < -0.39 is 0 Å². The van der Waals surface area contributed by atoms with Gasteiger partial charge in [0.2, 0.25) is 0 Å². The second-order valence-electron chi connectivity index (χ2n) is 8.78. The third-order valence-corrected chi connectivity index (χ3v) is 6.32. The number of carbonyl (C=O) groups is 1. The molecule has 5 nitrogen and oxygen atoms in total. The van der Waals surface area contributed by atoms with Crippen LogP contribution in [0.2, 0.25) is 0 Å². The van der Waals surface area contributed by atoms with Crippen LogP contribution in [0, 0.1) is 0 Å². The Morgan fingerprint density at radius 2 is 1.56 bits per heavy atom. The van der Waals surface area contributed by atoms with Crippen molar-refractivity contribution in [2.24, 2.45) is 0 Å². The summed E-state index contributed by atoms with van der Waals surface area (Å²) < 4.78 is 11.6.